The van der Waals surface area contributed by atoms with Crippen molar-refractivity contribution in [2.45, 2.75) is 6.43 Å². The highest BCUT2D eigenvalue weighted by atomic mass is 19.3. The smallest absolute Gasteiger partial charge is 0.273 e. The lowest BCUT2D eigenvalue weighted by atomic mass is 10.1. The number of aromatic amines is 1. The fraction of sp³-hybridized carbons (Fsp3) is 0.105. The average Bonchev–Trinajstić information content (AvgIpc) is 3.27. The molecule has 2 aromatic heterocycles. The number of fused-ring (bicyclic) bond motifs is 1. The van der Waals surface area contributed by atoms with Crippen molar-refractivity contribution in [1.29, 1.82) is 0 Å². The molecule has 28 heavy (non-hydrogen) atoms. The maximum atomic E-state index is 13.6. The van der Waals surface area contributed by atoms with Crippen molar-refractivity contribution < 1.29 is 18.0 Å². The van der Waals surface area contributed by atoms with Crippen molar-refractivity contribution in [2.75, 3.05) is 5.32 Å². The molecule has 0 spiro atoms. The molecule has 2 N–H and O–H groups in total. The number of amides is 1. The number of nitrogens with one attached hydrogen (secondary N) is 2. The van der Waals surface area contributed by atoms with Gasteiger partial charge in [-0.1, -0.05) is 0 Å². The second kappa shape index (κ2) is 6.84. The fourth-order valence-electron chi connectivity index (χ4n) is 2.93. The van der Waals surface area contributed by atoms with Gasteiger partial charge in [-0.15, -0.1) is 0 Å². The maximum absolute atomic E-state index is 13.6. The summed E-state index contributed by atoms with van der Waals surface area (Å²) in [6.45, 7) is 0. The van der Waals surface area contributed by atoms with Gasteiger partial charge in [-0.3, -0.25) is 9.48 Å². The summed E-state index contributed by atoms with van der Waals surface area (Å²) in [7, 11) is 1.65. The third kappa shape index (κ3) is 3.22. The van der Waals surface area contributed by atoms with E-state index in [1.54, 1.807) is 31.3 Å². The molecular formula is C19H14F3N5O. The number of aromatic nitrogens is 4. The van der Waals surface area contributed by atoms with E-state index in [0.29, 0.717) is 22.4 Å². The molecule has 0 unspecified atom stereocenters. The molecule has 2 heterocycles. The number of aryl methyl sites for hydroxylation is 1. The number of rotatable bonds is 4. The first-order chi connectivity index (χ1) is 13.4. The van der Waals surface area contributed by atoms with Crippen LogP contribution < -0.4 is 5.32 Å². The molecule has 4 aromatic rings. The Labute approximate surface area is 157 Å². The molecule has 0 radical (unpaired) electrons. The van der Waals surface area contributed by atoms with E-state index >= 15 is 0 Å². The van der Waals surface area contributed by atoms with Gasteiger partial charge in [0.2, 0.25) is 0 Å². The number of benzene rings is 2. The van der Waals surface area contributed by atoms with Gasteiger partial charge in [0.1, 0.15) is 17.3 Å². The summed E-state index contributed by atoms with van der Waals surface area (Å²) in [5.41, 5.74) is 1.56. The SMILES string of the molecule is Cn1nccc1C(=O)Nc1ccc2nc(-c3cc(F)ccc3C(F)F)[nH]c2c1. The maximum Gasteiger partial charge on any atom is 0.273 e. The standard InChI is InChI=1S/C19H14F3N5O/c1-27-16(6-7-23-27)19(28)24-11-3-5-14-15(9-11)26-18(25-14)13-8-10(20)2-4-12(13)17(21)22/h2-9,17H,1H3,(H,24,28)(H,25,26). The van der Waals surface area contributed by atoms with E-state index in [0.717, 1.165) is 18.2 Å². The summed E-state index contributed by atoms with van der Waals surface area (Å²) in [4.78, 5) is 19.5. The van der Waals surface area contributed by atoms with Crippen LogP contribution in [0.1, 0.15) is 22.5 Å². The summed E-state index contributed by atoms with van der Waals surface area (Å²) in [6, 6.07) is 9.53. The van der Waals surface area contributed by atoms with E-state index < -0.39 is 12.2 Å². The molecule has 0 saturated carbocycles. The van der Waals surface area contributed by atoms with Crippen molar-refractivity contribution in [1.82, 2.24) is 19.7 Å². The van der Waals surface area contributed by atoms with E-state index in [1.807, 2.05) is 0 Å². The van der Waals surface area contributed by atoms with E-state index in [2.05, 4.69) is 20.4 Å². The number of nitrogens with zero attached hydrogens (tertiary/aromatic N) is 3. The summed E-state index contributed by atoms with van der Waals surface area (Å²) in [5, 5.41) is 6.68. The van der Waals surface area contributed by atoms with Crippen LogP contribution >= 0.6 is 0 Å². The minimum absolute atomic E-state index is 0.00771. The van der Waals surface area contributed by atoms with Gasteiger partial charge < -0.3 is 10.3 Å². The van der Waals surface area contributed by atoms with Gasteiger partial charge >= 0.3 is 0 Å². The highest BCUT2D eigenvalue weighted by Gasteiger charge is 2.18. The predicted octanol–water partition coefficient (Wildman–Crippen LogP) is 4.29. The Morgan fingerprint density at radius 3 is 2.71 bits per heavy atom. The zero-order valence-electron chi connectivity index (χ0n) is 14.6. The Balaban J connectivity index is 1.69. The van der Waals surface area contributed by atoms with Crippen molar-refractivity contribution in [3.63, 3.8) is 0 Å². The quantitative estimate of drug-likeness (QED) is 0.550. The number of hydrogen-bond donors (Lipinski definition) is 2. The number of carbonyl (C=O) groups is 1. The van der Waals surface area contributed by atoms with Crippen molar-refractivity contribution in [2.24, 2.45) is 7.05 Å². The molecule has 0 aliphatic heterocycles. The molecule has 1 amide bonds. The molecule has 0 fully saturated rings. The van der Waals surface area contributed by atoms with Gasteiger partial charge in [0.25, 0.3) is 12.3 Å². The van der Waals surface area contributed by atoms with Gasteiger partial charge in [-0.25, -0.2) is 18.2 Å². The zero-order valence-corrected chi connectivity index (χ0v) is 14.6. The van der Waals surface area contributed by atoms with Crippen LogP contribution in [0, 0.1) is 5.82 Å². The van der Waals surface area contributed by atoms with Crippen LogP contribution in [0.5, 0.6) is 0 Å². The molecule has 0 aliphatic rings. The van der Waals surface area contributed by atoms with Crippen LogP contribution in [-0.2, 0) is 7.05 Å². The lowest BCUT2D eigenvalue weighted by molar-refractivity contribution is 0.101. The molecule has 6 nitrogen and oxygen atoms in total. The van der Waals surface area contributed by atoms with Gasteiger partial charge in [0.15, 0.2) is 0 Å². The largest absolute Gasteiger partial charge is 0.338 e. The van der Waals surface area contributed by atoms with Crippen LogP contribution in [0.25, 0.3) is 22.4 Å². The van der Waals surface area contributed by atoms with E-state index in [-0.39, 0.29) is 22.9 Å². The molecule has 4 rings (SSSR count). The number of hydrogen-bond acceptors (Lipinski definition) is 3. The van der Waals surface area contributed by atoms with Crippen LogP contribution in [0.3, 0.4) is 0 Å². The van der Waals surface area contributed by atoms with Gasteiger partial charge in [-0.2, -0.15) is 5.10 Å². The Morgan fingerprint density at radius 2 is 2.00 bits per heavy atom. The molecule has 0 aliphatic carbocycles. The molecule has 2 aromatic carbocycles. The van der Waals surface area contributed by atoms with E-state index in [4.69, 9.17) is 0 Å². The summed E-state index contributed by atoms with van der Waals surface area (Å²) in [6.07, 6.45) is -1.25. The molecule has 0 saturated heterocycles. The third-order valence-electron chi connectivity index (χ3n) is 4.30. The number of alkyl halides is 2. The Hall–Kier alpha value is -3.62. The second-order valence-corrected chi connectivity index (χ2v) is 6.14. The summed E-state index contributed by atoms with van der Waals surface area (Å²) >= 11 is 0. The van der Waals surface area contributed by atoms with Crippen LogP contribution in [0.4, 0.5) is 18.9 Å². The molecule has 9 heteroatoms. The minimum atomic E-state index is -2.77. The first-order valence-electron chi connectivity index (χ1n) is 8.29. The lowest BCUT2D eigenvalue weighted by Crippen LogP contribution is -2.15. The second-order valence-electron chi connectivity index (χ2n) is 6.14. The van der Waals surface area contributed by atoms with Crippen molar-refractivity contribution >= 4 is 22.6 Å². The number of H-pyrrole nitrogens is 1. The normalized spacial score (nSPS) is 11.3. The Morgan fingerprint density at radius 1 is 1.18 bits per heavy atom. The van der Waals surface area contributed by atoms with E-state index in [9.17, 15) is 18.0 Å². The van der Waals surface area contributed by atoms with Gasteiger partial charge in [0, 0.05) is 30.1 Å². The predicted molar refractivity (Wildman–Crippen MR) is 97.6 cm³/mol. The summed E-state index contributed by atoms with van der Waals surface area (Å²) in [5.74, 6) is -0.854. The number of carbonyl (C=O) groups excluding carboxylic acids is 1. The first kappa shape index (κ1) is 17.8. The van der Waals surface area contributed by atoms with Crippen LogP contribution in [0.2, 0.25) is 0 Å². The average molecular weight is 385 g/mol. The Kier molecular flexibility index (Phi) is 4.34. The minimum Gasteiger partial charge on any atom is -0.338 e. The molecule has 142 valence electrons. The first-order valence-corrected chi connectivity index (χ1v) is 8.29. The molecule has 0 bridgehead atoms. The van der Waals surface area contributed by atoms with Crippen LogP contribution in [0.15, 0.2) is 48.7 Å². The van der Waals surface area contributed by atoms with Gasteiger partial charge in [-0.05, 0) is 42.5 Å². The lowest BCUT2D eigenvalue weighted by Gasteiger charge is -2.06. The summed E-state index contributed by atoms with van der Waals surface area (Å²) < 4.78 is 41.5. The van der Waals surface area contributed by atoms with Crippen LogP contribution in [-0.4, -0.2) is 25.7 Å². The monoisotopic (exact) mass is 385 g/mol. The fourth-order valence-corrected chi connectivity index (χ4v) is 2.93. The Bertz CT molecular complexity index is 1180. The molecular weight excluding hydrogens is 371 g/mol. The molecule has 0 atom stereocenters. The number of halogens is 3. The zero-order chi connectivity index (χ0) is 19.8. The number of anilines is 1. The van der Waals surface area contributed by atoms with Gasteiger partial charge in [0.05, 0.1) is 11.0 Å². The highest BCUT2D eigenvalue weighted by Crippen LogP contribution is 2.31. The van der Waals surface area contributed by atoms with Crippen molar-refractivity contribution in [3.05, 3.63) is 65.7 Å². The van der Waals surface area contributed by atoms with E-state index in [1.165, 1.54) is 10.9 Å². The third-order valence-corrected chi connectivity index (χ3v) is 4.30. The topological polar surface area (TPSA) is 75.6 Å². The highest BCUT2D eigenvalue weighted by molar-refractivity contribution is 6.03. The number of imidazole rings is 1. The van der Waals surface area contributed by atoms with Crippen molar-refractivity contribution in [3.8, 4) is 11.4 Å².